The molecule has 0 amide bonds. The number of non-ortho nitro benzene ring substituents is 1. The molecule has 0 N–H and O–H groups in total. The second-order valence-electron chi connectivity index (χ2n) is 5.62. The normalized spacial score (nSPS) is 12.2. The molecule has 0 spiro atoms. The largest absolute Gasteiger partial charge is 0.361 e. The third kappa shape index (κ3) is 4.70. The van der Waals surface area contributed by atoms with Crippen LogP contribution in [0, 0.1) is 10.1 Å². The zero-order chi connectivity index (χ0) is 20.0. The molecule has 0 saturated heterocycles. The van der Waals surface area contributed by atoms with Crippen LogP contribution in [0.2, 0.25) is 0 Å². The van der Waals surface area contributed by atoms with Crippen molar-refractivity contribution in [1.82, 2.24) is 4.31 Å². The van der Waals surface area contributed by atoms with Crippen molar-refractivity contribution in [2.24, 2.45) is 0 Å². The fourth-order valence-corrected chi connectivity index (χ4v) is 3.79. The molecule has 0 aliphatic heterocycles. The van der Waals surface area contributed by atoms with E-state index < -0.39 is 26.8 Å². The van der Waals surface area contributed by atoms with Crippen LogP contribution < -0.4 is 0 Å². The Morgan fingerprint density at radius 2 is 1.81 bits per heavy atom. The van der Waals surface area contributed by atoms with Gasteiger partial charge in [-0.3, -0.25) is 14.9 Å². The van der Waals surface area contributed by atoms with Gasteiger partial charge in [0.15, 0.2) is 0 Å². The molecule has 0 fully saturated rings. The summed E-state index contributed by atoms with van der Waals surface area (Å²) in [5.41, 5.74) is 9.12. The van der Waals surface area contributed by atoms with Crippen LogP contribution >= 0.6 is 0 Å². The Hall–Kier alpha value is -3.20. The lowest BCUT2D eigenvalue weighted by molar-refractivity contribution is -0.384. The zero-order valence-electron chi connectivity index (χ0n) is 14.3. The number of sulfonamides is 1. The first-order valence-corrected chi connectivity index (χ1v) is 9.19. The first kappa shape index (κ1) is 20.1. The van der Waals surface area contributed by atoms with Gasteiger partial charge >= 0.3 is 6.21 Å². The van der Waals surface area contributed by atoms with E-state index in [1.165, 1.54) is 7.05 Å². The van der Waals surface area contributed by atoms with Crippen LogP contribution in [0.4, 0.5) is 5.69 Å². The summed E-state index contributed by atoms with van der Waals surface area (Å²) >= 11 is 0. The van der Waals surface area contributed by atoms with Crippen molar-refractivity contribution in [3.8, 4) is 0 Å². The highest BCUT2D eigenvalue weighted by molar-refractivity contribution is 7.89. The average molecular weight is 388 g/mol. The predicted molar refractivity (Wildman–Crippen MR) is 96.7 cm³/mol. The molecule has 0 bridgehead atoms. The van der Waals surface area contributed by atoms with Crippen molar-refractivity contribution in [2.45, 2.75) is 17.4 Å². The highest BCUT2D eigenvalue weighted by Gasteiger charge is 2.34. The number of hydrogen-bond acceptors (Lipinski definition) is 5. The summed E-state index contributed by atoms with van der Waals surface area (Å²) in [6, 6.07) is 12.0. The molecule has 0 aliphatic carbocycles. The molecule has 0 saturated carbocycles. The Morgan fingerprint density at radius 3 is 2.33 bits per heavy atom. The topological polar surface area (TPSA) is 134 Å². The molecule has 2 rings (SSSR count). The van der Waals surface area contributed by atoms with Gasteiger partial charge in [-0.25, -0.2) is 8.42 Å². The van der Waals surface area contributed by atoms with Crippen molar-refractivity contribution < 1.29 is 22.9 Å². The van der Waals surface area contributed by atoms with Crippen LogP contribution in [0.1, 0.15) is 5.56 Å². The van der Waals surface area contributed by atoms with Gasteiger partial charge < -0.3 is 5.53 Å². The minimum absolute atomic E-state index is 0.0639. The summed E-state index contributed by atoms with van der Waals surface area (Å²) in [5.74, 6) is -0.700. The van der Waals surface area contributed by atoms with Gasteiger partial charge in [-0.1, -0.05) is 30.3 Å². The molecule has 0 heterocycles. The van der Waals surface area contributed by atoms with Crippen molar-refractivity contribution in [3.05, 3.63) is 75.8 Å². The first-order valence-electron chi connectivity index (χ1n) is 7.75. The van der Waals surface area contributed by atoms with Gasteiger partial charge in [-0.2, -0.15) is 9.10 Å². The number of hydrogen-bond donors (Lipinski definition) is 0. The molecular formula is C17H16N4O5S. The molecular weight excluding hydrogens is 372 g/mol. The second kappa shape index (κ2) is 8.45. The molecule has 0 radical (unpaired) electrons. The SMILES string of the molecule is CN([C@@H](Cc1ccccc1)C(=O)C=[N+]=[N-])S(=O)(=O)c1ccc([N+](=O)[O-])cc1. The van der Waals surface area contributed by atoms with Gasteiger partial charge in [0.05, 0.1) is 15.9 Å². The standard InChI is InChI=1S/C17H16N4O5S/c1-20(27(25,26)15-9-7-14(8-10-15)21(23)24)16(17(22)12-19-18)11-13-5-3-2-4-6-13/h2-10,12,16H,11H2,1H3/t16-/m0/s1. The van der Waals surface area contributed by atoms with E-state index in [2.05, 4.69) is 4.79 Å². The van der Waals surface area contributed by atoms with E-state index in [4.69, 9.17) is 5.53 Å². The van der Waals surface area contributed by atoms with E-state index in [1.807, 2.05) is 0 Å². The summed E-state index contributed by atoms with van der Waals surface area (Å²) in [7, 11) is -2.89. The quantitative estimate of drug-likeness (QED) is 0.223. The fraction of sp³-hybridized carbons (Fsp3) is 0.176. The van der Waals surface area contributed by atoms with Gasteiger partial charge in [-0.05, 0) is 24.1 Å². The number of nitro groups is 1. The predicted octanol–water partition coefficient (Wildman–Crippen LogP) is 1.70. The number of Topliss-reactive ketones (excluding diaryl/α,β-unsaturated/α-hetero) is 1. The summed E-state index contributed by atoms with van der Waals surface area (Å²) in [6.07, 6.45) is 0.712. The molecule has 9 nitrogen and oxygen atoms in total. The van der Waals surface area contributed by atoms with Crippen LogP contribution in [0.3, 0.4) is 0 Å². The maximum absolute atomic E-state index is 12.9. The van der Waals surface area contributed by atoms with Crippen LogP contribution in [0.25, 0.3) is 5.53 Å². The summed E-state index contributed by atoms with van der Waals surface area (Å²) in [6.45, 7) is 0. The molecule has 0 unspecified atom stereocenters. The minimum atomic E-state index is -4.12. The van der Waals surface area contributed by atoms with E-state index in [9.17, 15) is 23.3 Å². The number of carbonyl (C=O) groups is 1. The Labute approximate surface area is 155 Å². The lowest BCUT2D eigenvalue weighted by Crippen LogP contribution is -2.44. The Bertz CT molecular complexity index is 984. The lowest BCUT2D eigenvalue weighted by Gasteiger charge is -2.24. The van der Waals surface area contributed by atoms with Gasteiger partial charge in [-0.15, -0.1) is 0 Å². The van der Waals surface area contributed by atoms with E-state index in [0.29, 0.717) is 11.8 Å². The molecule has 27 heavy (non-hydrogen) atoms. The first-order chi connectivity index (χ1) is 12.8. The smallest absolute Gasteiger partial charge is 0.324 e. The van der Waals surface area contributed by atoms with Crippen molar-refractivity contribution >= 4 is 27.7 Å². The maximum Gasteiger partial charge on any atom is 0.324 e. The second-order valence-corrected chi connectivity index (χ2v) is 7.62. The van der Waals surface area contributed by atoms with Gasteiger partial charge in [0.1, 0.15) is 0 Å². The summed E-state index contributed by atoms with van der Waals surface area (Å²) in [5, 5.41) is 10.7. The highest BCUT2D eigenvalue weighted by Crippen LogP contribution is 2.21. The number of benzene rings is 2. The van der Waals surface area contributed by atoms with Crippen molar-refractivity contribution in [2.75, 3.05) is 7.05 Å². The lowest BCUT2D eigenvalue weighted by atomic mass is 10.0. The minimum Gasteiger partial charge on any atom is -0.361 e. The maximum atomic E-state index is 12.9. The van der Waals surface area contributed by atoms with Gasteiger partial charge in [0.25, 0.3) is 11.5 Å². The molecule has 0 aromatic heterocycles. The number of ketones is 1. The number of carbonyl (C=O) groups excluding carboxylic acids is 1. The fourth-order valence-electron chi connectivity index (χ4n) is 2.46. The van der Waals surface area contributed by atoms with Crippen LogP contribution in [-0.4, -0.2) is 47.5 Å². The average Bonchev–Trinajstić information content (AvgIpc) is 2.66. The number of likely N-dealkylation sites (N-methyl/N-ethyl adjacent to an activating group) is 1. The van der Waals surface area contributed by atoms with Crippen LogP contribution in [0.5, 0.6) is 0 Å². The Kier molecular flexibility index (Phi) is 6.30. The van der Waals surface area contributed by atoms with E-state index in [0.717, 1.165) is 28.6 Å². The molecule has 140 valence electrons. The third-order valence-corrected chi connectivity index (χ3v) is 5.83. The van der Waals surface area contributed by atoms with Gasteiger partial charge in [0, 0.05) is 19.2 Å². The molecule has 1 atom stereocenters. The molecule has 2 aromatic rings. The van der Waals surface area contributed by atoms with Crippen LogP contribution in [0.15, 0.2) is 59.5 Å². The van der Waals surface area contributed by atoms with Crippen molar-refractivity contribution in [1.29, 1.82) is 0 Å². The Morgan fingerprint density at radius 1 is 1.22 bits per heavy atom. The Balaban J connectivity index is 2.39. The summed E-state index contributed by atoms with van der Waals surface area (Å²) in [4.78, 5) is 24.9. The van der Waals surface area contributed by atoms with Gasteiger partial charge in [0.2, 0.25) is 10.0 Å². The van der Waals surface area contributed by atoms with Crippen molar-refractivity contribution in [3.63, 3.8) is 0 Å². The van der Waals surface area contributed by atoms with Crippen LogP contribution in [-0.2, 0) is 21.2 Å². The molecule has 2 aromatic carbocycles. The highest BCUT2D eigenvalue weighted by atomic mass is 32.2. The third-order valence-electron chi connectivity index (χ3n) is 3.95. The number of rotatable bonds is 8. The summed E-state index contributed by atoms with van der Waals surface area (Å²) < 4.78 is 26.6. The number of nitro benzene ring substituents is 1. The number of nitrogens with zero attached hydrogens (tertiary/aromatic N) is 4. The zero-order valence-corrected chi connectivity index (χ0v) is 15.1. The molecule has 10 heteroatoms. The molecule has 0 aliphatic rings. The monoisotopic (exact) mass is 388 g/mol. The van der Waals surface area contributed by atoms with E-state index in [-0.39, 0.29) is 17.0 Å². The van der Waals surface area contributed by atoms with E-state index >= 15 is 0 Å². The van der Waals surface area contributed by atoms with E-state index in [1.54, 1.807) is 30.3 Å².